The molecule has 0 aliphatic carbocycles. The first-order valence-electron chi connectivity index (χ1n) is 10.6. The molecule has 2 aromatic heterocycles. The standard InChI is InChI=1S/C21H27N5O4S/c1-12-20(13(2)30-24-12)14-4-6-18-17(10-14)23-21(16-5-7-19(27)22-16)26(18)15-8-9-25(11-15)31(3,28)29/h4,6,10,15-16,19,22,27H,5,7-9,11H2,1-3H3/t15-,16+,19?/m1/s1. The summed E-state index contributed by atoms with van der Waals surface area (Å²) in [5, 5.41) is 17.3. The van der Waals surface area contributed by atoms with Gasteiger partial charge in [0.2, 0.25) is 10.0 Å². The molecule has 10 heteroatoms. The normalized spacial score (nSPS) is 25.1. The minimum atomic E-state index is -3.24. The Morgan fingerprint density at radius 1 is 1.23 bits per heavy atom. The van der Waals surface area contributed by atoms with Crippen LogP contribution in [-0.4, -0.2) is 58.1 Å². The van der Waals surface area contributed by atoms with Crippen molar-refractivity contribution < 1.29 is 18.0 Å². The highest BCUT2D eigenvalue weighted by Crippen LogP contribution is 2.36. The van der Waals surface area contributed by atoms with Crippen LogP contribution in [0.5, 0.6) is 0 Å². The van der Waals surface area contributed by atoms with Crippen LogP contribution in [0.4, 0.5) is 0 Å². The van der Waals surface area contributed by atoms with Crippen LogP contribution in [0.3, 0.4) is 0 Å². The van der Waals surface area contributed by atoms with E-state index in [2.05, 4.69) is 15.0 Å². The molecular formula is C21H27N5O4S. The lowest BCUT2D eigenvalue weighted by atomic mass is 10.0. The summed E-state index contributed by atoms with van der Waals surface area (Å²) in [4.78, 5) is 4.96. The highest BCUT2D eigenvalue weighted by molar-refractivity contribution is 7.88. The zero-order chi connectivity index (χ0) is 21.9. The zero-order valence-electron chi connectivity index (χ0n) is 17.9. The van der Waals surface area contributed by atoms with Gasteiger partial charge in [0.05, 0.1) is 35.1 Å². The Balaban J connectivity index is 1.62. The average molecular weight is 446 g/mol. The maximum atomic E-state index is 12.1. The third kappa shape index (κ3) is 3.57. The number of aliphatic hydroxyl groups is 1. The smallest absolute Gasteiger partial charge is 0.211 e. The van der Waals surface area contributed by atoms with E-state index in [0.29, 0.717) is 19.5 Å². The van der Waals surface area contributed by atoms with E-state index in [9.17, 15) is 13.5 Å². The quantitative estimate of drug-likeness (QED) is 0.633. The maximum absolute atomic E-state index is 12.1. The monoisotopic (exact) mass is 445 g/mol. The van der Waals surface area contributed by atoms with E-state index >= 15 is 0 Å². The summed E-state index contributed by atoms with van der Waals surface area (Å²) in [7, 11) is -3.24. The largest absolute Gasteiger partial charge is 0.379 e. The van der Waals surface area contributed by atoms with Gasteiger partial charge < -0.3 is 14.2 Å². The second-order valence-electron chi connectivity index (χ2n) is 8.62. The van der Waals surface area contributed by atoms with Crippen LogP contribution in [0.1, 0.15) is 48.6 Å². The molecule has 2 saturated heterocycles. The van der Waals surface area contributed by atoms with E-state index in [1.807, 2.05) is 32.0 Å². The number of aryl methyl sites for hydroxylation is 2. The van der Waals surface area contributed by atoms with E-state index in [-0.39, 0.29) is 12.1 Å². The predicted octanol–water partition coefficient (Wildman–Crippen LogP) is 2.26. The number of aliphatic hydroxyl groups excluding tert-OH is 1. The van der Waals surface area contributed by atoms with Crippen molar-refractivity contribution in [3.05, 3.63) is 35.5 Å². The van der Waals surface area contributed by atoms with Crippen molar-refractivity contribution in [3.63, 3.8) is 0 Å². The number of sulfonamides is 1. The first-order chi connectivity index (χ1) is 14.7. The van der Waals surface area contributed by atoms with E-state index in [1.54, 1.807) is 0 Å². The fraction of sp³-hybridized carbons (Fsp3) is 0.524. The van der Waals surface area contributed by atoms with Crippen molar-refractivity contribution in [3.8, 4) is 11.1 Å². The van der Waals surface area contributed by atoms with Crippen molar-refractivity contribution in [1.82, 2.24) is 24.3 Å². The van der Waals surface area contributed by atoms with Crippen molar-refractivity contribution in [2.24, 2.45) is 0 Å². The molecule has 0 radical (unpaired) electrons. The molecule has 4 heterocycles. The van der Waals surface area contributed by atoms with E-state index in [0.717, 1.165) is 52.3 Å². The number of hydrogen-bond donors (Lipinski definition) is 2. The summed E-state index contributed by atoms with van der Waals surface area (Å²) in [6.45, 7) is 4.74. The van der Waals surface area contributed by atoms with Gasteiger partial charge in [-0.05, 0) is 50.8 Å². The van der Waals surface area contributed by atoms with Crippen molar-refractivity contribution in [2.45, 2.75) is 51.4 Å². The molecule has 0 saturated carbocycles. The van der Waals surface area contributed by atoms with Crippen LogP contribution in [0.15, 0.2) is 22.7 Å². The molecule has 0 amide bonds. The molecule has 2 N–H and O–H groups in total. The van der Waals surface area contributed by atoms with Gasteiger partial charge in [0.25, 0.3) is 0 Å². The van der Waals surface area contributed by atoms with E-state index in [4.69, 9.17) is 9.51 Å². The Labute approximate surface area is 181 Å². The molecular weight excluding hydrogens is 418 g/mol. The molecule has 166 valence electrons. The SMILES string of the molecule is Cc1noc(C)c1-c1ccc2c(c1)nc([C@@H]1CCC(O)N1)n2[C@@H]1CCN(S(C)(=O)=O)C1. The van der Waals surface area contributed by atoms with Gasteiger partial charge >= 0.3 is 0 Å². The number of nitrogens with zero attached hydrogens (tertiary/aromatic N) is 4. The minimum absolute atomic E-state index is 0.000757. The number of hydrogen-bond acceptors (Lipinski definition) is 7. The molecule has 9 nitrogen and oxygen atoms in total. The molecule has 31 heavy (non-hydrogen) atoms. The summed E-state index contributed by atoms with van der Waals surface area (Å²) in [6.07, 6.45) is 2.88. The fourth-order valence-electron chi connectivity index (χ4n) is 4.95. The van der Waals surface area contributed by atoms with Gasteiger partial charge in [-0.2, -0.15) is 0 Å². The fourth-order valence-corrected chi connectivity index (χ4v) is 5.83. The molecule has 1 unspecified atom stereocenters. The lowest BCUT2D eigenvalue weighted by Gasteiger charge is -2.20. The van der Waals surface area contributed by atoms with Gasteiger partial charge in [0.1, 0.15) is 17.8 Å². The van der Waals surface area contributed by atoms with Crippen molar-refractivity contribution >= 4 is 21.1 Å². The first kappa shape index (κ1) is 20.6. The lowest BCUT2D eigenvalue weighted by Crippen LogP contribution is -2.29. The predicted molar refractivity (Wildman–Crippen MR) is 116 cm³/mol. The maximum Gasteiger partial charge on any atom is 0.211 e. The Bertz CT molecular complexity index is 1230. The highest BCUT2D eigenvalue weighted by Gasteiger charge is 2.35. The summed E-state index contributed by atoms with van der Waals surface area (Å²) in [5.74, 6) is 1.61. The minimum Gasteiger partial charge on any atom is -0.379 e. The third-order valence-corrected chi connectivity index (χ3v) is 7.70. The molecule has 0 spiro atoms. The van der Waals surface area contributed by atoms with Crippen LogP contribution in [0, 0.1) is 13.8 Å². The van der Waals surface area contributed by atoms with Gasteiger partial charge in [-0.15, -0.1) is 0 Å². The summed E-state index contributed by atoms with van der Waals surface area (Å²) in [6, 6.07) is 6.05. The van der Waals surface area contributed by atoms with Crippen LogP contribution in [0.2, 0.25) is 0 Å². The van der Waals surface area contributed by atoms with Gasteiger partial charge in [0, 0.05) is 18.7 Å². The lowest BCUT2D eigenvalue weighted by molar-refractivity contribution is 0.153. The number of fused-ring (bicyclic) bond motifs is 1. The molecule has 3 atom stereocenters. The number of imidazole rings is 1. The Hall–Kier alpha value is -2.27. The summed E-state index contributed by atoms with van der Waals surface area (Å²) in [5.41, 5.74) is 4.60. The van der Waals surface area contributed by atoms with Crippen LogP contribution >= 0.6 is 0 Å². The molecule has 2 aliphatic heterocycles. The number of nitrogens with one attached hydrogen (secondary N) is 1. The molecule has 3 aromatic rings. The Morgan fingerprint density at radius 3 is 2.65 bits per heavy atom. The van der Waals surface area contributed by atoms with E-state index < -0.39 is 16.3 Å². The Kier molecular flexibility index (Phi) is 4.93. The molecule has 0 bridgehead atoms. The second kappa shape index (κ2) is 7.40. The van der Waals surface area contributed by atoms with Crippen LogP contribution in [-0.2, 0) is 10.0 Å². The van der Waals surface area contributed by atoms with Crippen molar-refractivity contribution in [2.75, 3.05) is 19.3 Å². The Morgan fingerprint density at radius 2 is 2.03 bits per heavy atom. The number of aromatic nitrogens is 3. The van der Waals surface area contributed by atoms with Gasteiger partial charge in [0.15, 0.2) is 0 Å². The number of rotatable bonds is 4. The molecule has 5 rings (SSSR count). The van der Waals surface area contributed by atoms with E-state index in [1.165, 1.54) is 10.6 Å². The zero-order valence-corrected chi connectivity index (χ0v) is 18.7. The van der Waals surface area contributed by atoms with Gasteiger partial charge in [-0.25, -0.2) is 17.7 Å². The molecule has 2 fully saturated rings. The second-order valence-corrected chi connectivity index (χ2v) is 10.6. The summed E-state index contributed by atoms with van der Waals surface area (Å²) < 4.78 is 33.2. The van der Waals surface area contributed by atoms with Crippen molar-refractivity contribution in [1.29, 1.82) is 0 Å². The topological polar surface area (TPSA) is 113 Å². The third-order valence-electron chi connectivity index (χ3n) is 6.43. The molecule has 2 aliphatic rings. The number of benzene rings is 1. The van der Waals surface area contributed by atoms with Gasteiger partial charge in [-0.1, -0.05) is 11.2 Å². The van der Waals surface area contributed by atoms with Crippen LogP contribution < -0.4 is 5.32 Å². The van der Waals surface area contributed by atoms with Gasteiger partial charge in [-0.3, -0.25) is 5.32 Å². The van der Waals surface area contributed by atoms with Crippen LogP contribution in [0.25, 0.3) is 22.2 Å². The average Bonchev–Trinajstić information content (AvgIpc) is 3.46. The highest BCUT2D eigenvalue weighted by atomic mass is 32.2. The first-order valence-corrected chi connectivity index (χ1v) is 12.4. The summed E-state index contributed by atoms with van der Waals surface area (Å²) >= 11 is 0. The molecule has 1 aromatic carbocycles.